The molecule has 17 heavy (non-hydrogen) atoms. The predicted octanol–water partition coefficient (Wildman–Crippen LogP) is 3.62. The fraction of sp³-hybridized carbons (Fsp3) is 0.0714. The van der Waals surface area contributed by atoms with Crippen LogP contribution in [0.1, 0.15) is 17.3 Å². The van der Waals surface area contributed by atoms with Gasteiger partial charge in [0.05, 0.1) is 0 Å². The summed E-state index contributed by atoms with van der Waals surface area (Å²) >= 11 is 1.60. The molecule has 0 spiro atoms. The first-order valence-corrected chi connectivity index (χ1v) is 6.12. The summed E-state index contributed by atoms with van der Waals surface area (Å²) < 4.78 is 0. The highest BCUT2D eigenvalue weighted by Crippen LogP contribution is 2.32. The number of nitrogens with two attached hydrogens (primary N) is 1. The Labute approximate surface area is 105 Å². The maximum absolute atomic E-state index is 11.2. The molecule has 0 saturated heterocycles. The van der Waals surface area contributed by atoms with Crippen molar-refractivity contribution in [3.63, 3.8) is 0 Å². The zero-order valence-electron chi connectivity index (χ0n) is 9.51. The number of carbonyl (C=O) groups excluding carboxylic acids is 1. The Morgan fingerprint density at radius 1 is 1.12 bits per heavy atom. The van der Waals surface area contributed by atoms with Crippen LogP contribution in [-0.2, 0) is 0 Å². The van der Waals surface area contributed by atoms with Gasteiger partial charge in [0.2, 0.25) is 0 Å². The van der Waals surface area contributed by atoms with Crippen molar-refractivity contribution in [1.82, 2.24) is 0 Å². The molecule has 0 aliphatic heterocycles. The molecule has 2 nitrogen and oxygen atoms in total. The first-order valence-electron chi connectivity index (χ1n) is 5.30. The second-order valence-electron chi connectivity index (χ2n) is 3.72. The van der Waals surface area contributed by atoms with E-state index in [2.05, 4.69) is 0 Å². The molecule has 0 fully saturated rings. The van der Waals surface area contributed by atoms with Crippen LogP contribution < -0.4 is 5.73 Å². The van der Waals surface area contributed by atoms with E-state index in [0.29, 0.717) is 11.3 Å². The molecular formula is C14H13NOS. The zero-order valence-corrected chi connectivity index (χ0v) is 10.3. The summed E-state index contributed by atoms with van der Waals surface area (Å²) in [6.45, 7) is 1.54. The molecule has 0 bridgehead atoms. The van der Waals surface area contributed by atoms with Gasteiger partial charge in [-0.25, -0.2) is 0 Å². The average molecular weight is 243 g/mol. The lowest BCUT2D eigenvalue weighted by atomic mass is 10.1. The second kappa shape index (κ2) is 5.06. The molecule has 0 aromatic heterocycles. The van der Waals surface area contributed by atoms with Crippen molar-refractivity contribution in [1.29, 1.82) is 0 Å². The third-order valence-electron chi connectivity index (χ3n) is 2.39. The normalized spacial score (nSPS) is 10.2. The van der Waals surface area contributed by atoms with Gasteiger partial charge in [0.25, 0.3) is 0 Å². The van der Waals surface area contributed by atoms with Crippen molar-refractivity contribution in [2.75, 3.05) is 5.73 Å². The highest BCUT2D eigenvalue weighted by atomic mass is 32.2. The molecule has 2 aromatic carbocycles. The minimum atomic E-state index is 0.0351. The van der Waals surface area contributed by atoms with Gasteiger partial charge in [0, 0.05) is 21.0 Å². The van der Waals surface area contributed by atoms with Crippen molar-refractivity contribution in [3.05, 3.63) is 54.1 Å². The average Bonchev–Trinajstić information content (AvgIpc) is 2.33. The van der Waals surface area contributed by atoms with E-state index in [1.807, 2.05) is 42.5 Å². The van der Waals surface area contributed by atoms with E-state index in [1.54, 1.807) is 24.8 Å². The molecule has 0 atom stereocenters. The standard InChI is InChI=1S/C14H13NOS/c1-10(16)11-7-8-14(13(15)9-11)17-12-5-3-2-4-6-12/h2-9H,15H2,1H3. The van der Waals surface area contributed by atoms with Gasteiger partial charge in [-0.2, -0.15) is 0 Å². The van der Waals surface area contributed by atoms with E-state index in [-0.39, 0.29) is 5.78 Å². The van der Waals surface area contributed by atoms with Gasteiger partial charge in [-0.3, -0.25) is 4.79 Å². The van der Waals surface area contributed by atoms with Crippen LogP contribution in [0.4, 0.5) is 5.69 Å². The molecule has 0 saturated carbocycles. The van der Waals surface area contributed by atoms with Gasteiger partial charge < -0.3 is 5.73 Å². The summed E-state index contributed by atoms with van der Waals surface area (Å²) in [5.74, 6) is 0.0351. The lowest BCUT2D eigenvalue weighted by Crippen LogP contribution is -1.95. The molecular weight excluding hydrogens is 230 g/mol. The highest BCUT2D eigenvalue weighted by molar-refractivity contribution is 7.99. The van der Waals surface area contributed by atoms with Crippen LogP contribution in [0.5, 0.6) is 0 Å². The minimum absolute atomic E-state index is 0.0351. The zero-order chi connectivity index (χ0) is 12.3. The van der Waals surface area contributed by atoms with Crippen molar-refractivity contribution >= 4 is 23.2 Å². The molecule has 0 amide bonds. The van der Waals surface area contributed by atoms with Crippen molar-refractivity contribution in [2.45, 2.75) is 16.7 Å². The largest absolute Gasteiger partial charge is 0.398 e. The van der Waals surface area contributed by atoms with Crippen LogP contribution in [0.15, 0.2) is 58.3 Å². The third kappa shape index (κ3) is 2.88. The Balaban J connectivity index is 2.26. The number of benzene rings is 2. The van der Waals surface area contributed by atoms with E-state index in [4.69, 9.17) is 5.73 Å². The summed E-state index contributed by atoms with van der Waals surface area (Å²) in [6.07, 6.45) is 0. The fourth-order valence-corrected chi connectivity index (χ4v) is 2.34. The number of carbonyl (C=O) groups is 1. The number of nitrogen functional groups attached to an aromatic ring is 1. The Kier molecular flexibility index (Phi) is 3.49. The minimum Gasteiger partial charge on any atom is -0.398 e. The maximum Gasteiger partial charge on any atom is 0.159 e. The van der Waals surface area contributed by atoms with E-state index in [9.17, 15) is 4.79 Å². The van der Waals surface area contributed by atoms with Gasteiger partial charge in [0.1, 0.15) is 0 Å². The smallest absolute Gasteiger partial charge is 0.159 e. The quantitative estimate of drug-likeness (QED) is 0.661. The molecule has 2 aromatic rings. The van der Waals surface area contributed by atoms with Crippen LogP contribution in [0.2, 0.25) is 0 Å². The monoisotopic (exact) mass is 243 g/mol. The van der Waals surface area contributed by atoms with Gasteiger partial charge in [-0.15, -0.1) is 0 Å². The van der Waals surface area contributed by atoms with Gasteiger partial charge >= 0.3 is 0 Å². The Hall–Kier alpha value is -1.74. The first kappa shape index (κ1) is 11.7. The Bertz CT molecular complexity index is 537. The molecule has 0 aliphatic carbocycles. The topological polar surface area (TPSA) is 43.1 Å². The van der Waals surface area contributed by atoms with E-state index < -0.39 is 0 Å². The van der Waals surface area contributed by atoms with E-state index >= 15 is 0 Å². The summed E-state index contributed by atoms with van der Waals surface area (Å²) in [6, 6.07) is 15.4. The van der Waals surface area contributed by atoms with Crippen LogP contribution in [0.25, 0.3) is 0 Å². The second-order valence-corrected chi connectivity index (χ2v) is 4.84. The summed E-state index contributed by atoms with van der Waals surface area (Å²) in [5, 5.41) is 0. The number of hydrogen-bond donors (Lipinski definition) is 1. The van der Waals surface area contributed by atoms with Gasteiger partial charge in [-0.1, -0.05) is 36.0 Å². The number of hydrogen-bond acceptors (Lipinski definition) is 3. The third-order valence-corrected chi connectivity index (χ3v) is 3.49. The SMILES string of the molecule is CC(=O)c1ccc(Sc2ccccc2)c(N)c1. The number of Topliss-reactive ketones (excluding diaryl/α,β-unsaturated/α-hetero) is 1. The molecule has 3 heteroatoms. The van der Waals surface area contributed by atoms with Gasteiger partial charge in [0.15, 0.2) is 5.78 Å². The summed E-state index contributed by atoms with van der Waals surface area (Å²) in [4.78, 5) is 13.3. The Morgan fingerprint density at radius 2 is 1.82 bits per heavy atom. The van der Waals surface area contributed by atoms with Crippen LogP contribution in [0.3, 0.4) is 0 Å². The summed E-state index contributed by atoms with van der Waals surface area (Å²) in [5.41, 5.74) is 7.23. The van der Waals surface area contributed by atoms with Crippen molar-refractivity contribution in [2.24, 2.45) is 0 Å². The number of rotatable bonds is 3. The number of anilines is 1. The Morgan fingerprint density at radius 3 is 2.41 bits per heavy atom. The molecule has 0 unspecified atom stereocenters. The van der Waals surface area contributed by atoms with E-state index in [1.165, 1.54) is 0 Å². The fourth-order valence-electron chi connectivity index (χ4n) is 1.48. The van der Waals surface area contributed by atoms with Crippen molar-refractivity contribution in [3.8, 4) is 0 Å². The summed E-state index contributed by atoms with van der Waals surface area (Å²) in [7, 11) is 0. The molecule has 0 radical (unpaired) electrons. The highest BCUT2D eigenvalue weighted by Gasteiger charge is 2.05. The lowest BCUT2D eigenvalue weighted by molar-refractivity contribution is 0.101. The molecule has 2 rings (SSSR count). The van der Waals surface area contributed by atoms with Crippen LogP contribution in [0, 0.1) is 0 Å². The molecule has 2 N–H and O–H groups in total. The maximum atomic E-state index is 11.2. The number of ketones is 1. The molecule has 0 heterocycles. The van der Waals surface area contributed by atoms with Crippen LogP contribution >= 0.6 is 11.8 Å². The van der Waals surface area contributed by atoms with E-state index in [0.717, 1.165) is 9.79 Å². The van der Waals surface area contributed by atoms with Crippen LogP contribution in [-0.4, -0.2) is 5.78 Å². The lowest BCUT2D eigenvalue weighted by Gasteiger charge is -2.06. The predicted molar refractivity (Wildman–Crippen MR) is 71.4 cm³/mol. The van der Waals surface area contributed by atoms with Gasteiger partial charge in [-0.05, 0) is 31.2 Å². The molecule has 86 valence electrons. The first-order chi connectivity index (χ1) is 8.16. The van der Waals surface area contributed by atoms with Crippen molar-refractivity contribution < 1.29 is 4.79 Å². The molecule has 0 aliphatic rings.